The summed E-state index contributed by atoms with van der Waals surface area (Å²) in [5.74, 6) is 0.587. The smallest absolute Gasteiger partial charge is 0.238 e. The molecule has 0 aliphatic rings. The number of para-hydroxylation sites is 1. The topological polar surface area (TPSA) is 41.1 Å². The predicted octanol–water partition coefficient (Wildman–Crippen LogP) is 4.74. The summed E-state index contributed by atoms with van der Waals surface area (Å²) >= 11 is 12.0. The Morgan fingerprint density at radius 3 is 2.33 bits per heavy atom. The first-order valence-corrected chi connectivity index (χ1v) is 8.13. The van der Waals surface area contributed by atoms with E-state index in [-0.39, 0.29) is 12.5 Å². The van der Waals surface area contributed by atoms with Gasteiger partial charge in [-0.2, -0.15) is 0 Å². The summed E-state index contributed by atoms with van der Waals surface area (Å²) in [7, 11) is 0. The fraction of sp³-hybridized carbons (Fsp3) is 0.562. The van der Waals surface area contributed by atoms with Gasteiger partial charge in [0.25, 0.3) is 0 Å². The predicted molar refractivity (Wildman–Crippen MR) is 91.2 cm³/mol. The number of carbonyl (C=O) groups is 1. The molecule has 1 unspecified atom stereocenters. The largest absolute Gasteiger partial charge is 0.322 e. The van der Waals surface area contributed by atoms with Crippen LogP contribution in [0.2, 0.25) is 10.0 Å². The van der Waals surface area contributed by atoms with E-state index in [9.17, 15) is 4.79 Å². The molecule has 0 aliphatic heterocycles. The van der Waals surface area contributed by atoms with Crippen molar-refractivity contribution in [1.82, 2.24) is 5.32 Å². The summed E-state index contributed by atoms with van der Waals surface area (Å²) in [5, 5.41) is 6.85. The minimum absolute atomic E-state index is 0.138. The fourth-order valence-electron chi connectivity index (χ4n) is 2.00. The van der Waals surface area contributed by atoms with Crippen molar-refractivity contribution < 1.29 is 4.79 Å². The Bertz CT molecular complexity index is 443. The van der Waals surface area contributed by atoms with E-state index >= 15 is 0 Å². The highest BCUT2D eigenvalue weighted by atomic mass is 35.5. The lowest BCUT2D eigenvalue weighted by Gasteiger charge is -2.15. The lowest BCUT2D eigenvalue weighted by molar-refractivity contribution is -0.115. The third-order valence-electron chi connectivity index (χ3n) is 3.26. The molecule has 1 amide bonds. The zero-order valence-corrected chi connectivity index (χ0v) is 14.4. The molecule has 0 fully saturated rings. The van der Waals surface area contributed by atoms with Crippen molar-refractivity contribution in [2.75, 3.05) is 11.9 Å². The van der Waals surface area contributed by atoms with Gasteiger partial charge in [-0.15, -0.1) is 0 Å². The van der Waals surface area contributed by atoms with Gasteiger partial charge >= 0.3 is 0 Å². The van der Waals surface area contributed by atoms with Gasteiger partial charge in [0.1, 0.15) is 0 Å². The summed E-state index contributed by atoms with van der Waals surface area (Å²) in [6.45, 7) is 6.79. The molecular formula is C16H24Cl2N2O. The van der Waals surface area contributed by atoms with Crippen molar-refractivity contribution in [3.05, 3.63) is 28.2 Å². The van der Waals surface area contributed by atoms with Crippen molar-refractivity contribution in [3.8, 4) is 0 Å². The third kappa shape index (κ3) is 7.16. The van der Waals surface area contributed by atoms with Crippen molar-refractivity contribution in [3.63, 3.8) is 0 Å². The number of rotatable bonds is 8. The van der Waals surface area contributed by atoms with E-state index in [1.54, 1.807) is 18.2 Å². The Labute approximate surface area is 137 Å². The normalized spacial score (nSPS) is 12.5. The molecule has 0 radical (unpaired) electrons. The van der Waals surface area contributed by atoms with Crippen LogP contribution >= 0.6 is 23.2 Å². The average molecular weight is 331 g/mol. The molecule has 1 aromatic carbocycles. The molecule has 2 N–H and O–H groups in total. The molecule has 5 heteroatoms. The highest BCUT2D eigenvalue weighted by molar-refractivity contribution is 6.39. The molecule has 0 bridgehead atoms. The molecule has 1 aromatic rings. The van der Waals surface area contributed by atoms with E-state index in [2.05, 4.69) is 31.4 Å². The minimum atomic E-state index is -0.138. The molecule has 0 spiro atoms. The lowest BCUT2D eigenvalue weighted by atomic mass is 10.0. The maximum Gasteiger partial charge on any atom is 0.238 e. The van der Waals surface area contributed by atoms with E-state index in [0.29, 0.717) is 21.8 Å². The van der Waals surface area contributed by atoms with E-state index in [4.69, 9.17) is 23.2 Å². The molecule has 118 valence electrons. The Morgan fingerprint density at radius 1 is 1.14 bits per heavy atom. The van der Waals surface area contributed by atoms with Gasteiger partial charge in [-0.3, -0.25) is 4.79 Å². The first kappa shape index (κ1) is 18.3. The number of amides is 1. The number of benzene rings is 1. The zero-order valence-electron chi connectivity index (χ0n) is 12.9. The molecule has 1 atom stereocenters. The van der Waals surface area contributed by atoms with Gasteiger partial charge in [0.15, 0.2) is 0 Å². The number of nitrogens with one attached hydrogen (secondary N) is 2. The summed E-state index contributed by atoms with van der Waals surface area (Å²) in [5.41, 5.74) is 0.472. The maximum absolute atomic E-state index is 11.9. The molecule has 0 aromatic heterocycles. The van der Waals surface area contributed by atoms with Gasteiger partial charge in [0.2, 0.25) is 5.91 Å². The molecule has 3 nitrogen and oxygen atoms in total. The first-order valence-electron chi connectivity index (χ1n) is 7.37. The summed E-state index contributed by atoms with van der Waals surface area (Å²) in [4.78, 5) is 11.9. The number of anilines is 1. The summed E-state index contributed by atoms with van der Waals surface area (Å²) in [6.07, 6.45) is 3.45. The fourth-order valence-corrected chi connectivity index (χ4v) is 2.49. The third-order valence-corrected chi connectivity index (χ3v) is 3.89. The minimum Gasteiger partial charge on any atom is -0.322 e. The van der Waals surface area contributed by atoms with Crippen LogP contribution in [0.4, 0.5) is 5.69 Å². The Morgan fingerprint density at radius 2 is 1.76 bits per heavy atom. The number of hydrogen-bond acceptors (Lipinski definition) is 2. The molecule has 21 heavy (non-hydrogen) atoms. The molecular weight excluding hydrogens is 307 g/mol. The SMILES string of the molecule is CC(C)CCCC(C)NCC(=O)Nc1c(Cl)cccc1Cl. The van der Waals surface area contributed by atoms with Crippen LogP contribution in [0.25, 0.3) is 0 Å². The molecule has 1 rings (SSSR count). The zero-order chi connectivity index (χ0) is 15.8. The Balaban J connectivity index is 2.34. The first-order chi connectivity index (χ1) is 9.90. The molecule has 0 saturated carbocycles. The van der Waals surface area contributed by atoms with Crippen LogP contribution in [-0.4, -0.2) is 18.5 Å². The van der Waals surface area contributed by atoms with E-state index in [1.807, 2.05) is 0 Å². The van der Waals surface area contributed by atoms with E-state index in [1.165, 1.54) is 12.8 Å². The van der Waals surface area contributed by atoms with Crippen LogP contribution in [0.3, 0.4) is 0 Å². The average Bonchev–Trinajstić information content (AvgIpc) is 2.40. The van der Waals surface area contributed by atoms with Crippen LogP contribution in [-0.2, 0) is 4.79 Å². The van der Waals surface area contributed by atoms with Crippen LogP contribution in [0, 0.1) is 5.92 Å². The monoisotopic (exact) mass is 330 g/mol. The van der Waals surface area contributed by atoms with Crippen LogP contribution in [0.15, 0.2) is 18.2 Å². The van der Waals surface area contributed by atoms with Crippen molar-refractivity contribution in [2.24, 2.45) is 5.92 Å². The van der Waals surface area contributed by atoms with Gasteiger partial charge in [0, 0.05) is 6.04 Å². The number of carbonyl (C=O) groups excluding carboxylic acids is 1. The van der Waals surface area contributed by atoms with Gasteiger partial charge in [-0.1, -0.05) is 56.0 Å². The van der Waals surface area contributed by atoms with Crippen molar-refractivity contribution in [1.29, 1.82) is 0 Å². The standard InChI is InChI=1S/C16H24Cl2N2O/c1-11(2)6-4-7-12(3)19-10-15(21)20-16-13(17)8-5-9-14(16)18/h5,8-9,11-12,19H,4,6-7,10H2,1-3H3,(H,20,21). The van der Waals surface area contributed by atoms with Crippen molar-refractivity contribution in [2.45, 2.75) is 46.1 Å². The highest BCUT2D eigenvalue weighted by Crippen LogP contribution is 2.29. The van der Waals surface area contributed by atoms with Crippen LogP contribution in [0.1, 0.15) is 40.0 Å². The Hall–Kier alpha value is -0.770. The summed E-state index contributed by atoms with van der Waals surface area (Å²) < 4.78 is 0. The van der Waals surface area contributed by atoms with E-state index in [0.717, 1.165) is 12.3 Å². The second-order valence-electron chi connectivity index (χ2n) is 5.75. The van der Waals surface area contributed by atoms with Crippen molar-refractivity contribution >= 4 is 34.8 Å². The highest BCUT2D eigenvalue weighted by Gasteiger charge is 2.10. The summed E-state index contributed by atoms with van der Waals surface area (Å²) in [6, 6.07) is 5.46. The van der Waals surface area contributed by atoms with E-state index < -0.39 is 0 Å². The lowest BCUT2D eigenvalue weighted by Crippen LogP contribution is -2.34. The van der Waals surface area contributed by atoms with Gasteiger partial charge in [0.05, 0.1) is 22.3 Å². The van der Waals surface area contributed by atoms with Gasteiger partial charge < -0.3 is 10.6 Å². The molecule has 0 saturated heterocycles. The number of hydrogen-bond donors (Lipinski definition) is 2. The second kappa shape index (κ2) is 9.29. The molecule has 0 aliphatic carbocycles. The van der Waals surface area contributed by atoms with Gasteiger partial charge in [-0.05, 0) is 31.4 Å². The number of halogens is 2. The van der Waals surface area contributed by atoms with Crippen LogP contribution in [0.5, 0.6) is 0 Å². The maximum atomic E-state index is 11.9. The van der Waals surface area contributed by atoms with Crippen LogP contribution < -0.4 is 10.6 Å². The quantitative estimate of drug-likeness (QED) is 0.723. The second-order valence-corrected chi connectivity index (χ2v) is 6.57. The molecule has 0 heterocycles. The van der Waals surface area contributed by atoms with Gasteiger partial charge in [-0.25, -0.2) is 0 Å². The Kier molecular flexibility index (Phi) is 8.09.